The van der Waals surface area contributed by atoms with Crippen LogP contribution in [0.4, 0.5) is 11.4 Å². The van der Waals surface area contributed by atoms with Gasteiger partial charge in [0.2, 0.25) is 5.91 Å². The van der Waals surface area contributed by atoms with Crippen molar-refractivity contribution >= 4 is 35.1 Å². The van der Waals surface area contributed by atoms with E-state index in [0.29, 0.717) is 22.6 Å². The Labute approximate surface area is 278 Å². The van der Waals surface area contributed by atoms with E-state index in [-0.39, 0.29) is 11.7 Å². The first-order valence-electron chi connectivity index (χ1n) is 16.0. The van der Waals surface area contributed by atoms with Gasteiger partial charge in [-0.05, 0) is 46.5 Å². The van der Waals surface area contributed by atoms with Crippen LogP contribution < -0.4 is 15.0 Å². The summed E-state index contributed by atoms with van der Waals surface area (Å²) in [7, 11) is 1.54. The molecule has 0 bridgehead atoms. The van der Waals surface area contributed by atoms with Gasteiger partial charge in [0.25, 0.3) is 0 Å². The number of benzene rings is 5. The fourth-order valence-corrected chi connectivity index (χ4v) is 7.82. The minimum Gasteiger partial charge on any atom is -0.497 e. The summed E-state index contributed by atoms with van der Waals surface area (Å²) in [6.07, 6.45) is 3.18. The third-order valence-corrected chi connectivity index (χ3v) is 9.86. The highest BCUT2D eigenvalue weighted by molar-refractivity contribution is 6.16. The van der Waals surface area contributed by atoms with Crippen molar-refractivity contribution < 1.29 is 23.9 Å². The number of para-hydroxylation sites is 2. The molecular formula is C41H32N2O5. The highest BCUT2D eigenvalue weighted by Crippen LogP contribution is 2.58. The highest BCUT2D eigenvalue weighted by Gasteiger charge is 2.71. The van der Waals surface area contributed by atoms with Crippen LogP contribution in [0.1, 0.15) is 38.7 Å². The van der Waals surface area contributed by atoms with Crippen LogP contribution in [0.3, 0.4) is 0 Å². The summed E-state index contributed by atoms with van der Waals surface area (Å²) in [5.41, 5.74) is 3.41. The molecule has 1 spiro atoms. The maximum Gasteiger partial charge on any atom is 0.330 e. The van der Waals surface area contributed by atoms with E-state index in [4.69, 9.17) is 9.47 Å². The summed E-state index contributed by atoms with van der Waals surface area (Å²) in [6.45, 7) is 0. The average molecular weight is 633 g/mol. The molecule has 1 amide bonds. The van der Waals surface area contributed by atoms with Gasteiger partial charge >= 0.3 is 5.97 Å². The fourth-order valence-electron chi connectivity index (χ4n) is 7.82. The number of hydrogen-bond donors (Lipinski definition) is 1. The Morgan fingerprint density at radius 2 is 1.46 bits per heavy atom. The van der Waals surface area contributed by atoms with E-state index < -0.39 is 35.5 Å². The topological polar surface area (TPSA) is 84.9 Å². The lowest BCUT2D eigenvalue weighted by atomic mass is 9.64. The van der Waals surface area contributed by atoms with E-state index in [0.717, 1.165) is 22.4 Å². The predicted octanol–water partition coefficient (Wildman–Crippen LogP) is 7.00. The minimum absolute atomic E-state index is 0.332. The zero-order valence-electron chi connectivity index (χ0n) is 26.2. The molecule has 4 atom stereocenters. The SMILES string of the molecule is COc1cccc(C(=O)[C@@H]2[C@H](C(=O)OC(c3ccccc3)c3ccccc3)N3c4ccccc4C=C[C@H]3[C@@]23C(=O)Nc2ccccc23)c1. The standard InChI is InChI=1S/C41H32N2O5/c1-47-30-19-12-18-29(25-30)37(44)35-36(39(45)48-38(27-14-4-2-5-15-27)28-16-6-3-7-17-28)43-33-22-11-8-13-26(33)23-24-34(43)41(35)31-20-9-10-21-32(31)42-40(41)46/h2-25,34-36,38H,1H3,(H,42,46)/t34-,35-,36+,41+/m0/s1. The number of methoxy groups -OCH3 is 1. The summed E-state index contributed by atoms with van der Waals surface area (Å²) < 4.78 is 12.0. The van der Waals surface area contributed by atoms with Gasteiger partial charge < -0.3 is 19.7 Å². The number of hydrogen-bond acceptors (Lipinski definition) is 6. The van der Waals surface area contributed by atoms with Crippen LogP contribution in [0.25, 0.3) is 6.08 Å². The Hall–Kier alpha value is -5.95. The number of nitrogens with zero attached hydrogens (tertiary/aromatic N) is 1. The van der Waals surface area contributed by atoms with Crippen LogP contribution in [0.5, 0.6) is 5.75 Å². The smallest absolute Gasteiger partial charge is 0.330 e. The van der Waals surface area contributed by atoms with E-state index >= 15 is 9.59 Å². The van der Waals surface area contributed by atoms with Crippen LogP contribution in [0, 0.1) is 5.92 Å². The van der Waals surface area contributed by atoms with Crippen molar-refractivity contribution in [3.8, 4) is 5.75 Å². The van der Waals surface area contributed by atoms with Crippen LogP contribution in [-0.2, 0) is 19.7 Å². The van der Waals surface area contributed by atoms with Crippen LogP contribution in [-0.4, -0.2) is 36.9 Å². The largest absolute Gasteiger partial charge is 0.497 e. The van der Waals surface area contributed by atoms with Crippen molar-refractivity contribution in [1.29, 1.82) is 0 Å². The Morgan fingerprint density at radius 3 is 2.19 bits per heavy atom. The number of amides is 1. The maximum absolute atomic E-state index is 15.1. The molecule has 0 unspecified atom stereocenters. The third kappa shape index (κ3) is 4.46. The Kier molecular flexibility index (Phi) is 7.17. The summed E-state index contributed by atoms with van der Waals surface area (Å²) in [6, 6.07) is 39.3. The first-order chi connectivity index (χ1) is 23.5. The van der Waals surface area contributed by atoms with Crippen LogP contribution in [0.15, 0.2) is 140 Å². The molecule has 7 heteroatoms. The van der Waals surface area contributed by atoms with Gasteiger partial charge in [0.15, 0.2) is 11.9 Å². The molecular weight excluding hydrogens is 600 g/mol. The van der Waals surface area contributed by atoms with E-state index in [2.05, 4.69) is 5.32 Å². The quantitative estimate of drug-likeness (QED) is 0.154. The number of rotatable bonds is 7. The normalized spacial score (nSPS) is 21.8. The molecule has 5 aromatic rings. The van der Waals surface area contributed by atoms with Crippen LogP contribution >= 0.6 is 0 Å². The molecule has 1 N–H and O–H groups in total. The third-order valence-electron chi connectivity index (χ3n) is 9.86. The molecule has 236 valence electrons. The molecule has 0 aromatic heterocycles. The number of Topliss-reactive ketones (excluding diaryl/α,β-unsaturated/α-hetero) is 1. The molecule has 0 aliphatic carbocycles. The average Bonchev–Trinajstić information content (AvgIpc) is 3.63. The van der Waals surface area contributed by atoms with Crippen molar-refractivity contribution in [3.05, 3.63) is 167 Å². The summed E-state index contributed by atoms with van der Waals surface area (Å²) in [4.78, 5) is 46.8. The maximum atomic E-state index is 15.1. The molecule has 8 rings (SSSR count). The Bertz CT molecular complexity index is 2040. The number of ether oxygens (including phenoxy) is 2. The molecule has 5 aromatic carbocycles. The Morgan fingerprint density at radius 1 is 0.792 bits per heavy atom. The van der Waals surface area contributed by atoms with Gasteiger partial charge in [0.05, 0.1) is 19.1 Å². The van der Waals surface area contributed by atoms with Gasteiger partial charge in [-0.15, -0.1) is 0 Å². The van der Waals surface area contributed by atoms with E-state index in [1.807, 2.05) is 126 Å². The lowest BCUT2D eigenvalue weighted by Crippen LogP contribution is -2.51. The number of esters is 1. The van der Waals surface area contributed by atoms with Crippen LogP contribution in [0.2, 0.25) is 0 Å². The van der Waals surface area contributed by atoms with Gasteiger partial charge in [-0.25, -0.2) is 4.79 Å². The number of nitrogens with one attached hydrogen (secondary N) is 1. The second kappa shape index (κ2) is 11.7. The number of ketones is 1. The molecule has 7 nitrogen and oxygen atoms in total. The Balaban J connectivity index is 1.36. The lowest BCUT2D eigenvalue weighted by molar-refractivity contribution is -0.150. The first-order valence-corrected chi connectivity index (χ1v) is 16.0. The van der Waals surface area contributed by atoms with Gasteiger partial charge in [-0.3, -0.25) is 9.59 Å². The molecule has 48 heavy (non-hydrogen) atoms. The van der Waals surface area contributed by atoms with E-state index in [1.165, 1.54) is 7.11 Å². The second-order valence-corrected chi connectivity index (χ2v) is 12.3. The van der Waals surface area contributed by atoms with Gasteiger partial charge in [0, 0.05) is 16.9 Å². The zero-order valence-corrected chi connectivity index (χ0v) is 26.2. The number of anilines is 2. The number of carbonyl (C=O) groups is 3. The monoisotopic (exact) mass is 632 g/mol. The first kappa shape index (κ1) is 29.5. The predicted molar refractivity (Wildman–Crippen MR) is 184 cm³/mol. The molecule has 1 saturated heterocycles. The summed E-state index contributed by atoms with van der Waals surface area (Å²) in [5, 5.41) is 3.07. The van der Waals surface area contributed by atoms with Gasteiger partial charge in [-0.1, -0.05) is 121 Å². The minimum atomic E-state index is -1.44. The fraction of sp³-hybridized carbons (Fsp3) is 0.146. The molecule has 1 fully saturated rings. The van der Waals surface area contributed by atoms with Crippen molar-refractivity contribution in [2.24, 2.45) is 5.92 Å². The van der Waals surface area contributed by atoms with Gasteiger partial charge in [0.1, 0.15) is 17.2 Å². The zero-order chi connectivity index (χ0) is 32.8. The molecule has 3 aliphatic rings. The molecule has 3 aliphatic heterocycles. The molecule has 0 saturated carbocycles. The van der Waals surface area contributed by atoms with E-state index in [9.17, 15) is 4.79 Å². The summed E-state index contributed by atoms with van der Waals surface area (Å²) >= 11 is 0. The molecule has 0 radical (unpaired) electrons. The van der Waals surface area contributed by atoms with Gasteiger partial charge in [-0.2, -0.15) is 0 Å². The van der Waals surface area contributed by atoms with Crippen molar-refractivity contribution in [2.45, 2.75) is 23.6 Å². The summed E-state index contributed by atoms with van der Waals surface area (Å²) in [5.74, 6) is -1.94. The highest BCUT2D eigenvalue weighted by atomic mass is 16.5. The molecule has 3 heterocycles. The van der Waals surface area contributed by atoms with E-state index in [1.54, 1.807) is 24.3 Å². The number of fused-ring (bicyclic) bond motifs is 6. The van der Waals surface area contributed by atoms with Crippen molar-refractivity contribution in [1.82, 2.24) is 0 Å². The lowest BCUT2D eigenvalue weighted by Gasteiger charge is -2.37. The second-order valence-electron chi connectivity index (χ2n) is 12.3. The number of carbonyl (C=O) groups excluding carboxylic acids is 3. The van der Waals surface area contributed by atoms with Crippen molar-refractivity contribution in [3.63, 3.8) is 0 Å². The van der Waals surface area contributed by atoms with Crippen molar-refractivity contribution in [2.75, 3.05) is 17.3 Å².